The molecule has 0 aromatic heterocycles. The molecule has 0 bridgehead atoms. The van der Waals surface area contributed by atoms with Crippen LogP contribution in [0.3, 0.4) is 0 Å². The van der Waals surface area contributed by atoms with Crippen molar-refractivity contribution in [1.82, 2.24) is 5.32 Å². The van der Waals surface area contributed by atoms with E-state index >= 15 is 0 Å². The van der Waals surface area contributed by atoms with Crippen LogP contribution < -0.4 is 5.32 Å². The van der Waals surface area contributed by atoms with Gasteiger partial charge in [-0.15, -0.1) is 0 Å². The van der Waals surface area contributed by atoms with Crippen LogP contribution in [0.15, 0.2) is 18.2 Å². The average Bonchev–Trinajstić information content (AvgIpc) is 2.31. The standard InChI is InChI=1S/C15H20FNO/c1-3-15(7-4-8-15)10-17-14(18)12-5-6-13(16)11(2)9-12/h5-6,9H,3-4,7-8,10H2,1-2H3,(H,17,18). The van der Waals surface area contributed by atoms with E-state index in [-0.39, 0.29) is 11.7 Å². The first-order chi connectivity index (χ1) is 8.56. The Morgan fingerprint density at radius 2 is 2.17 bits per heavy atom. The third-order valence-corrected chi connectivity index (χ3v) is 4.21. The summed E-state index contributed by atoms with van der Waals surface area (Å²) >= 11 is 0. The quantitative estimate of drug-likeness (QED) is 0.870. The molecule has 2 rings (SSSR count). The van der Waals surface area contributed by atoms with Crippen molar-refractivity contribution in [2.24, 2.45) is 5.41 Å². The zero-order valence-electron chi connectivity index (χ0n) is 11.1. The molecule has 98 valence electrons. The number of halogens is 1. The molecule has 1 aromatic rings. The van der Waals surface area contributed by atoms with Crippen LogP contribution in [0.25, 0.3) is 0 Å². The van der Waals surface area contributed by atoms with Gasteiger partial charge in [0.2, 0.25) is 0 Å². The van der Waals surface area contributed by atoms with Crippen molar-refractivity contribution in [3.8, 4) is 0 Å². The Balaban J connectivity index is 1.97. The van der Waals surface area contributed by atoms with Crippen molar-refractivity contribution in [3.63, 3.8) is 0 Å². The van der Waals surface area contributed by atoms with Gasteiger partial charge in [0.1, 0.15) is 5.82 Å². The van der Waals surface area contributed by atoms with Crippen molar-refractivity contribution >= 4 is 5.91 Å². The fourth-order valence-electron chi connectivity index (χ4n) is 2.49. The van der Waals surface area contributed by atoms with Crippen LogP contribution in [0.2, 0.25) is 0 Å². The molecule has 3 heteroatoms. The molecule has 0 unspecified atom stereocenters. The fraction of sp³-hybridized carbons (Fsp3) is 0.533. The summed E-state index contributed by atoms with van der Waals surface area (Å²) in [5.74, 6) is -0.367. The van der Waals surface area contributed by atoms with Gasteiger partial charge in [0.05, 0.1) is 0 Å². The predicted molar refractivity (Wildman–Crippen MR) is 70.0 cm³/mol. The number of amides is 1. The van der Waals surface area contributed by atoms with Gasteiger partial charge in [0.15, 0.2) is 0 Å². The van der Waals surface area contributed by atoms with Gasteiger partial charge in [-0.2, -0.15) is 0 Å². The Labute approximate surface area is 108 Å². The smallest absolute Gasteiger partial charge is 0.251 e. The normalized spacial score (nSPS) is 17.1. The SMILES string of the molecule is CCC1(CNC(=O)c2ccc(F)c(C)c2)CCC1. The van der Waals surface area contributed by atoms with Crippen molar-refractivity contribution in [1.29, 1.82) is 0 Å². The van der Waals surface area contributed by atoms with E-state index in [4.69, 9.17) is 0 Å². The molecule has 2 nitrogen and oxygen atoms in total. The van der Waals surface area contributed by atoms with Gasteiger partial charge < -0.3 is 5.32 Å². The van der Waals surface area contributed by atoms with Crippen molar-refractivity contribution in [3.05, 3.63) is 35.1 Å². The highest BCUT2D eigenvalue weighted by atomic mass is 19.1. The Morgan fingerprint density at radius 3 is 2.67 bits per heavy atom. The zero-order chi connectivity index (χ0) is 13.2. The first-order valence-corrected chi connectivity index (χ1v) is 6.61. The molecule has 0 aliphatic heterocycles. The van der Waals surface area contributed by atoms with E-state index < -0.39 is 0 Å². The molecule has 0 heterocycles. The number of nitrogens with one attached hydrogen (secondary N) is 1. The first kappa shape index (κ1) is 13.1. The van der Waals surface area contributed by atoms with E-state index in [9.17, 15) is 9.18 Å². The Bertz CT molecular complexity index is 446. The molecule has 0 saturated heterocycles. The van der Waals surface area contributed by atoms with E-state index in [1.165, 1.54) is 31.4 Å². The number of hydrogen-bond donors (Lipinski definition) is 1. The van der Waals surface area contributed by atoms with Gasteiger partial charge in [-0.1, -0.05) is 13.3 Å². The number of carbonyl (C=O) groups is 1. The van der Waals surface area contributed by atoms with E-state index in [2.05, 4.69) is 12.2 Å². The Kier molecular flexibility index (Phi) is 3.69. The van der Waals surface area contributed by atoms with E-state index in [1.807, 2.05) is 0 Å². The number of aryl methyl sites for hydroxylation is 1. The molecule has 0 atom stereocenters. The maximum Gasteiger partial charge on any atom is 0.251 e. The minimum atomic E-state index is -0.268. The first-order valence-electron chi connectivity index (χ1n) is 6.61. The highest BCUT2D eigenvalue weighted by molar-refractivity contribution is 5.94. The highest BCUT2D eigenvalue weighted by Gasteiger charge is 2.35. The van der Waals surface area contributed by atoms with Crippen molar-refractivity contribution in [2.45, 2.75) is 39.5 Å². The number of carbonyl (C=O) groups excluding carboxylic acids is 1. The van der Waals surface area contributed by atoms with E-state index in [0.717, 1.165) is 13.0 Å². The molecule has 1 aliphatic rings. The number of rotatable bonds is 4. The van der Waals surface area contributed by atoms with E-state index in [1.54, 1.807) is 13.0 Å². The molecular formula is C15H20FNO. The van der Waals surface area contributed by atoms with Gasteiger partial charge in [-0.05, 0) is 55.4 Å². The molecule has 1 N–H and O–H groups in total. The molecule has 0 radical (unpaired) electrons. The molecule has 1 amide bonds. The lowest BCUT2D eigenvalue weighted by molar-refractivity contribution is 0.0850. The maximum absolute atomic E-state index is 13.1. The van der Waals surface area contributed by atoms with Gasteiger partial charge >= 0.3 is 0 Å². The topological polar surface area (TPSA) is 29.1 Å². The minimum Gasteiger partial charge on any atom is -0.351 e. The average molecular weight is 249 g/mol. The van der Waals surface area contributed by atoms with Crippen LogP contribution >= 0.6 is 0 Å². The van der Waals surface area contributed by atoms with Crippen molar-refractivity contribution in [2.75, 3.05) is 6.54 Å². The largest absolute Gasteiger partial charge is 0.351 e. The molecule has 1 aliphatic carbocycles. The summed E-state index contributed by atoms with van der Waals surface area (Å²) in [6, 6.07) is 4.49. The fourth-order valence-corrected chi connectivity index (χ4v) is 2.49. The predicted octanol–water partition coefficient (Wildman–Crippen LogP) is 3.44. The monoisotopic (exact) mass is 249 g/mol. The highest BCUT2D eigenvalue weighted by Crippen LogP contribution is 2.43. The summed E-state index contributed by atoms with van der Waals surface area (Å²) in [6.45, 7) is 4.58. The summed E-state index contributed by atoms with van der Waals surface area (Å²) in [5, 5.41) is 2.98. The van der Waals surface area contributed by atoms with Crippen LogP contribution in [0.5, 0.6) is 0 Å². The lowest BCUT2D eigenvalue weighted by Crippen LogP contribution is -2.41. The van der Waals surface area contributed by atoms with E-state index in [0.29, 0.717) is 16.5 Å². The molecule has 1 fully saturated rings. The summed E-state index contributed by atoms with van der Waals surface area (Å²) in [5.41, 5.74) is 1.36. The van der Waals surface area contributed by atoms with Crippen LogP contribution in [-0.2, 0) is 0 Å². The molecular weight excluding hydrogens is 229 g/mol. The van der Waals surface area contributed by atoms with Gasteiger partial charge in [0.25, 0.3) is 5.91 Å². The maximum atomic E-state index is 13.1. The molecule has 18 heavy (non-hydrogen) atoms. The van der Waals surface area contributed by atoms with Crippen LogP contribution in [0.1, 0.15) is 48.5 Å². The van der Waals surface area contributed by atoms with Crippen LogP contribution in [-0.4, -0.2) is 12.5 Å². The van der Waals surface area contributed by atoms with Gasteiger partial charge in [-0.3, -0.25) is 4.79 Å². The minimum absolute atomic E-state index is 0.0992. The zero-order valence-corrected chi connectivity index (χ0v) is 11.1. The van der Waals surface area contributed by atoms with Crippen LogP contribution in [0, 0.1) is 18.2 Å². The lowest BCUT2D eigenvalue weighted by Gasteiger charge is -2.41. The Hall–Kier alpha value is -1.38. The second-order valence-corrected chi connectivity index (χ2v) is 5.35. The second-order valence-electron chi connectivity index (χ2n) is 5.35. The summed E-state index contributed by atoms with van der Waals surface area (Å²) in [7, 11) is 0. The summed E-state index contributed by atoms with van der Waals surface area (Å²) in [4.78, 5) is 12.0. The summed E-state index contributed by atoms with van der Waals surface area (Å²) < 4.78 is 13.1. The molecule has 1 saturated carbocycles. The Morgan fingerprint density at radius 1 is 1.44 bits per heavy atom. The second kappa shape index (κ2) is 5.09. The van der Waals surface area contributed by atoms with Crippen molar-refractivity contribution < 1.29 is 9.18 Å². The van der Waals surface area contributed by atoms with Gasteiger partial charge in [0, 0.05) is 12.1 Å². The third kappa shape index (κ3) is 2.55. The lowest BCUT2D eigenvalue weighted by atomic mass is 9.67. The van der Waals surface area contributed by atoms with Gasteiger partial charge in [-0.25, -0.2) is 4.39 Å². The summed E-state index contributed by atoms with van der Waals surface area (Å²) in [6.07, 6.45) is 4.77. The number of hydrogen-bond acceptors (Lipinski definition) is 1. The molecule has 1 aromatic carbocycles. The molecule has 0 spiro atoms. The third-order valence-electron chi connectivity index (χ3n) is 4.21. The number of benzene rings is 1. The van der Waals surface area contributed by atoms with Crippen LogP contribution in [0.4, 0.5) is 4.39 Å².